The topological polar surface area (TPSA) is 78.7 Å². The van der Waals surface area contributed by atoms with Crippen LogP contribution in [0.3, 0.4) is 0 Å². The molecule has 96 valence electrons. The number of non-ortho nitro benzene ring substituents is 1. The van der Waals surface area contributed by atoms with Crippen LogP contribution < -0.4 is 4.89 Å². The van der Waals surface area contributed by atoms with Crippen molar-refractivity contribution < 1.29 is 19.5 Å². The Morgan fingerprint density at radius 3 is 2.21 bits per heavy atom. The summed E-state index contributed by atoms with van der Waals surface area (Å²) in [5.74, 6) is -0.436. The summed E-state index contributed by atoms with van der Waals surface area (Å²) in [6, 6.07) is 13.5. The van der Waals surface area contributed by atoms with E-state index in [2.05, 4.69) is 4.89 Å². The second kappa shape index (κ2) is 5.63. The average Bonchev–Trinajstić information content (AvgIpc) is 2.46. The predicted molar refractivity (Wildman–Crippen MR) is 65.6 cm³/mol. The Balaban J connectivity index is 1.95. The molecule has 0 aliphatic carbocycles. The van der Waals surface area contributed by atoms with Crippen LogP contribution in [0.4, 0.5) is 5.69 Å². The van der Waals surface area contributed by atoms with E-state index in [-0.39, 0.29) is 11.4 Å². The standard InChI is InChI=1S/C13H9NO5/c15-13(10-4-2-1-3-5-10)19-18-12-8-6-11(7-9-12)14(16)17/h1-9H. The van der Waals surface area contributed by atoms with E-state index in [1.807, 2.05) is 0 Å². The van der Waals surface area contributed by atoms with Crippen molar-refractivity contribution >= 4 is 11.7 Å². The van der Waals surface area contributed by atoms with E-state index in [0.29, 0.717) is 5.56 Å². The summed E-state index contributed by atoms with van der Waals surface area (Å²) in [5.41, 5.74) is 0.283. The lowest BCUT2D eigenvalue weighted by Crippen LogP contribution is -2.08. The van der Waals surface area contributed by atoms with Gasteiger partial charge in [-0.3, -0.25) is 15.0 Å². The normalized spacial score (nSPS) is 9.68. The van der Waals surface area contributed by atoms with Gasteiger partial charge in [0.15, 0.2) is 5.75 Å². The molecular formula is C13H9NO5. The van der Waals surface area contributed by atoms with E-state index in [9.17, 15) is 14.9 Å². The van der Waals surface area contributed by atoms with Crippen LogP contribution in [0.1, 0.15) is 10.4 Å². The Bertz CT molecular complexity index is 580. The lowest BCUT2D eigenvalue weighted by atomic mass is 10.2. The number of carbonyl (C=O) groups is 1. The Hall–Kier alpha value is -2.89. The van der Waals surface area contributed by atoms with Crippen LogP contribution in [-0.4, -0.2) is 10.9 Å². The van der Waals surface area contributed by atoms with Gasteiger partial charge in [0.25, 0.3) is 5.69 Å². The highest BCUT2D eigenvalue weighted by Gasteiger charge is 2.09. The van der Waals surface area contributed by atoms with E-state index < -0.39 is 10.9 Å². The van der Waals surface area contributed by atoms with Gasteiger partial charge in [-0.25, -0.2) is 9.68 Å². The lowest BCUT2D eigenvalue weighted by Gasteiger charge is -2.03. The number of nitrogens with zero attached hydrogens (tertiary/aromatic N) is 1. The zero-order valence-corrected chi connectivity index (χ0v) is 9.68. The molecule has 0 spiro atoms. The maximum Gasteiger partial charge on any atom is 0.386 e. The molecule has 0 N–H and O–H groups in total. The van der Waals surface area contributed by atoms with Crippen molar-refractivity contribution in [2.24, 2.45) is 0 Å². The van der Waals surface area contributed by atoms with E-state index in [4.69, 9.17) is 4.89 Å². The molecule has 2 aromatic rings. The molecule has 0 aromatic heterocycles. The molecule has 0 heterocycles. The first-order chi connectivity index (χ1) is 9.16. The quantitative estimate of drug-likeness (QED) is 0.479. The summed E-state index contributed by atoms with van der Waals surface area (Å²) in [7, 11) is 0. The first-order valence-corrected chi connectivity index (χ1v) is 5.35. The summed E-state index contributed by atoms with van der Waals surface area (Å²) < 4.78 is 0. The molecule has 0 bridgehead atoms. The highest BCUT2D eigenvalue weighted by molar-refractivity contribution is 5.88. The van der Waals surface area contributed by atoms with Gasteiger partial charge >= 0.3 is 5.97 Å². The van der Waals surface area contributed by atoms with Crippen LogP contribution in [0, 0.1) is 10.1 Å². The fourth-order valence-electron chi connectivity index (χ4n) is 1.33. The summed E-state index contributed by atoms with van der Waals surface area (Å²) in [6.45, 7) is 0. The molecule has 0 radical (unpaired) electrons. The first-order valence-electron chi connectivity index (χ1n) is 5.35. The second-order valence-electron chi connectivity index (χ2n) is 3.57. The van der Waals surface area contributed by atoms with Gasteiger partial charge in [0.1, 0.15) is 0 Å². The SMILES string of the molecule is O=C(OOc1ccc([N+](=O)[O-])cc1)c1ccccc1. The van der Waals surface area contributed by atoms with Gasteiger partial charge in [-0.05, 0) is 24.3 Å². The van der Waals surface area contributed by atoms with Crippen LogP contribution in [0.5, 0.6) is 5.75 Å². The van der Waals surface area contributed by atoms with Gasteiger partial charge in [0.2, 0.25) is 0 Å². The summed E-state index contributed by atoms with van der Waals surface area (Å²) >= 11 is 0. The van der Waals surface area contributed by atoms with Crippen molar-refractivity contribution in [2.75, 3.05) is 0 Å². The van der Waals surface area contributed by atoms with E-state index in [1.165, 1.54) is 24.3 Å². The molecule has 19 heavy (non-hydrogen) atoms. The van der Waals surface area contributed by atoms with Crippen LogP contribution >= 0.6 is 0 Å². The zero-order chi connectivity index (χ0) is 13.7. The third-order valence-electron chi connectivity index (χ3n) is 2.27. The van der Waals surface area contributed by atoms with Crippen molar-refractivity contribution in [3.63, 3.8) is 0 Å². The summed E-state index contributed by atoms with van der Waals surface area (Å²) in [5, 5.41) is 10.4. The molecule has 0 aliphatic rings. The lowest BCUT2D eigenvalue weighted by molar-refractivity contribution is -0.384. The van der Waals surface area contributed by atoms with Gasteiger partial charge < -0.3 is 0 Å². The van der Waals surface area contributed by atoms with Gasteiger partial charge in [-0.2, -0.15) is 0 Å². The molecule has 0 saturated heterocycles. The molecule has 2 aromatic carbocycles. The minimum Gasteiger partial charge on any atom is -0.287 e. The summed E-state index contributed by atoms with van der Waals surface area (Å²) in [6.07, 6.45) is 0. The highest BCUT2D eigenvalue weighted by atomic mass is 17.2. The maximum atomic E-state index is 11.5. The Labute approximate surface area is 108 Å². The van der Waals surface area contributed by atoms with Gasteiger partial charge in [-0.15, -0.1) is 0 Å². The molecule has 0 aliphatic heterocycles. The number of rotatable bonds is 4. The molecule has 0 fully saturated rings. The Kier molecular flexibility index (Phi) is 3.72. The second-order valence-corrected chi connectivity index (χ2v) is 3.57. The van der Waals surface area contributed by atoms with Crippen molar-refractivity contribution in [3.8, 4) is 5.75 Å². The van der Waals surface area contributed by atoms with Crippen molar-refractivity contribution in [2.45, 2.75) is 0 Å². The molecule has 0 saturated carbocycles. The van der Waals surface area contributed by atoms with E-state index >= 15 is 0 Å². The average molecular weight is 259 g/mol. The fraction of sp³-hybridized carbons (Fsp3) is 0. The van der Waals surface area contributed by atoms with Crippen LogP contribution in [-0.2, 0) is 4.89 Å². The van der Waals surface area contributed by atoms with Crippen molar-refractivity contribution in [1.82, 2.24) is 0 Å². The molecule has 0 amide bonds. The number of carbonyl (C=O) groups excluding carboxylic acids is 1. The molecular weight excluding hydrogens is 250 g/mol. The predicted octanol–water partition coefficient (Wildman–Crippen LogP) is 2.75. The monoisotopic (exact) mass is 259 g/mol. The van der Waals surface area contributed by atoms with Crippen LogP contribution in [0.15, 0.2) is 54.6 Å². The van der Waals surface area contributed by atoms with Crippen molar-refractivity contribution in [1.29, 1.82) is 0 Å². The van der Waals surface area contributed by atoms with Gasteiger partial charge in [0.05, 0.1) is 10.5 Å². The number of benzene rings is 2. The highest BCUT2D eigenvalue weighted by Crippen LogP contribution is 2.17. The minimum atomic E-state index is -0.640. The molecule has 2 rings (SSSR count). The fourth-order valence-corrected chi connectivity index (χ4v) is 1.33. The first kappa shape index (κ1) is 12.6. The molecule has 0 atom stereocenters. The van der Waals surface area contributed by atoms with Gasteiger partial charge in [0, 0.05) is 12.1 Å². The third kappa shape index (κ3) is 3.29. The smallest absolute Gasteiger partial charge is 0.287 e. The number of nitro groups is 1. The number of nitro benzene ring substituents is 1. The Morgan fingerprint density at radius 1 is 1.00 bits per heavy atom. The Morgan fingerprint density at radius 2 is 1.63 bits per heavy atom. The van der Waals surface area contributed by atoms with Crippen LogP contribution in [0.2, 0.25) is 0 Å². The third-order valence-corrected chi connectivity index (χ3v) is 2.27. The van der Waals surface area contributed by atoms with Gasteiger partial charge in [-0.1, -0.05) is 18.2 Å². The molecule has 6 heteroatoms. The van der Waals surface area contributed by atoms with E-state index in [1.54, 1.807) is 30.3 Å². The summed E-state index contributed by atoms with van der Waals surface area (Å²) in [4.78, 5) is 30.8. The van der Waals surface area contributed by atoms with Crippen LogP contribution in [0.25, 0.3) is 0 Å². The maximum absolute atomic E-state index is 11.5. The number of hydrogen-bond acceptors (Lipinski definition) is 5. The minimum absolute atomic E-state index is 0.0678. The van der Waals surface area contributed by atoms with E-state index in [0.717, 1.165) is 0 Å². The number of hydrogen-bond donors (Lipinski definition) is 0. The van der Waals surface area contributed by atoms with Crippen molar-refractivity contribution in [3.05, 3.63) is 70.3 Å². The largest absolute Gasteiger partial charge is 0.386 e. The molecule has 0 unspecified atom stereocenters. The molecule has 6 nitrogen and oxygen atoms in total. The zero-order valence-electron chi connectivity index (χ0n) is 9.68.